The predicted octanol–water partition coefficient (Wildman–Crippen LogP) is 5.13. The van der Waals surface area contributed by atoms with Gasteiger partial charge in [0.05, 0.1) is 20.4 Å². The molecule has 1 fully saturated rings. The molecule has 0 radical (unpaired) electrons. The molecule has 1 N–H and O–H groups in total. The molecule has 5 rings (SSSR count). The Balaban J connectivity index is 1.38. The second-order valence-corrected chi connectivity index (χ2v) is 8.30. The van der Waals surface area contributed by atoms with Crippen LogP contribution >= 0.6 is 0 Å². The third kappa shape index (κ3) is 4.18. The fraction of sp³-hybridized carbons (Fsp3) is 0.308. The number of amides is 1. The van der Waals surface area contributed by atoms with E-state index in [0.717, 1.165) is 53.0 Å². The average molecular weight is 446 g/mol. The van der Waals surface area contributed by atoms with E-state index in [4.69, 9.17) is 13.9 Å². The number of aromatic amines is 1. The summed E-state index contributed by atoms with van der Waals surface area (Å²) in [6.45, 7) is 0.673. The molecule has 1 aliphatic rings. The molecule has 7 heteroatoms. The fourth-order valence-electron chi connectivity index (χ4n) is 4.53. The smallest absolute Gasteiger partial charge is 0.270 e. The number of nitrogens with zero attached hydrogens (tertiary/aromatic N) is 2. The lowest BCUT2D eigenvalue weighted by molar-refractivity contribution is 0.0565. The zero-order valence-corrected chi connectivity index (χ0v) is 18.8. The van der Waals surface area contributed by atoms with E-state index in [1.807, 2.05) is 53.4 Å². The van der Waals surface area contributed by atoms with Crippen LogP contribution in [0.25, 0.3) is 10.9 Å². The number of H-pyrrole nitrogens is 1. The molecule has 0 aliphatic carbocycles. The number of rotatable bonds is 6. The number of piperidine rings is 1. The molecule has 1 amide bonds. The van der Waals surface area contributed by atoms with Gasteiger partial charge in [0.1, 0.15) is 29.0 Å². The normalized spacial score (nSPS) is 16.2. The van der Waals surface area contributed by atoms with Crippen molar-refractivity contribution in [3.8, 4) is 11.5 Å². The van der Waals surface area contributed by atoms with Gasteiger partial charge in [-0.1, -0.05) is 18.2 Å². The highest BCUT2D eigenvalue weighted by atomic mass is 16.5. The largest absolute Gasteiger partial charge is 0.497 e. The first-order valence-corrected chi connectivity index (χ1v) is 11.2. The Hall–Kier alpha value is -3.74. The van der Waals surface area contributed by atoms with Gasteiger partial charge >= 0.3 is 0 Å². The summed E-state index contributed by atoms with van der Waals surface area (Å²) in [5.74, 6) is 2.88. The first-order valence-electron chi connectivity index (χ1n) is 11.2. The molecule has 1 aliphatic heterocycles. The molecule has 2 aromatic heterocycles. The first-order chi connectivity index (χ1) is 16.2. The Morgan fingerprint density at radius 1 is 1.15 bits per heavy atom. The van der Waals surface area contributed by atoms with Gasteiger partial charge < -0.3 is 23.8 Å². The zero-order chi connectivity index (χ0) is 22.8. The number of aromatic nitrogens is 2. The van der Waals surface area contributed by atoms with Crippen LogP contribution in [0.1, 0.15) is 53.0 Å². The van der Waals surface area contributed by atoms with Gasteiger partial charge in [-0.25, -0.2) is 4.98 Å². The summed E-state index contributed by atoms with van der Waals surface area (Å²) in [5.41, 5.74) is 2.50. The summed E-state index contributed by atoms with van der Waals surface area (Å²) < 4.78 is 16.9. The molecular formula is C26H27N3O4. The quantitative estimate of drug-likeness (QED) is 0.445. The summed E-state index contributed by atoms with van der Waals surface area (Å²) in [4.78, 5) is 23.2. The number of carbonyl (C=O) groups excluding carboxylic acids is 1. The van der Waals surface area contributed by atoms with Crippen LogP contribution in [0.5, 0.6) is 11.5 Å². The van der Waals surface area contributed by atoms with Gasteiger partial charge in [0.15, 0.2) is 0 Å². The SMILES string of the molecule is COc1ccc2[nH]c(C(=O)N3CCCC[C@H]3c3ncc(Cc4ccccc4OC)o3)cc2c1. The molecular weight excluding hydrogens is 418 g/mol. The first kappa shape index (κ1) is 21.1. The Labute approximate surface area is 192 Å². The summed E-state index contributed by atoms with van der Waals surface area (Å²) in [6.07, 6.45) is 5.16. The lowest BCUT2D eigenvalue weighted by Gasteiger charge is -2.33. The van der Waals surface area contributed by atoms with Crippen molar-refractivity contribution < 1.29 is 18.7 Å². The van der Waals surface area contributed by atoms with E-state index < -0.39 is 0 Å². The number of fused-ring (bicyclic) bond motifs is 1. The van der Waals surface area contributed by atoms with Gasteiger partial charge in [-0.05, 0) is 49.6 Å². The third-order valence-electron chi connectivity index (χ3n) is 6.24. The predicted molar refractivity (Wildman–Crippen MR) is 125 cm³/mol. The van der Waals surface area contributed by atoms with E-state index in [9.17, 15) is 4.79 Å². The fourth-order valence-corrected chi connectivity index (χ4v) is 4.53. The number of benzene rings is 2. The maximum atomic E-state index is 13.5. The van der Waals surface area contributed by atoms with Crippen LogP contribution < -0.4 is 9.47 Å². The monoisotopic (exact) mass is 445 g/mol. The maximum Gasteiger partial charge on any atom is 0.270 e. The van der Waals surface area contributed by atoms with Crippen LogP contribution in [0, 0.1) is 0 Å². The van der Waals surface area contributed by atoms with Crippen molar-refractivity contribution in [2.45, 2.75) is 31.7 Å². The Bertz CT molecular complexity index is 1280. The van der Waals surface area contributed by atoms with Crippen LogP contribution in [0.3, 0.4) is 0 Å². The summed E-state index contributed by atoms with van der Waals surface area (Å²) in [7, 11) is 3.30. The van der Waals surface area contributed by atoms with Crippen molar-refractivity contribution in [1.82, 2.24) is 14.9 Å². The molecule has 170 valence electrons. The number of hydrogen-bond donors (Lipinski definition) is 1. The summed E-state index contributed by atoms with van der Waals surface area (Å²) in [6, 6.07) is 15.3. The number of hydrogen-bond acceptors (Lipinski definition) is 5. The Kier molecular flexibility index (Phi) is 5.77. The van der Waals surface area contributed by atoms with E-state index in [2.05, 4.69) is 9.97 Å². The van der Waals surface area contributed by atoms with Crippen molar-refractivity contribution >= 4 is 16.8 Å². The topological polar surface area (TPSA) is 80.6 Å². The highest BCUT2D eigenvalue weighted by molar-refractivity contribution is 5.98. The second-order valence-electron chi connectivity index (χ2n) is 8.30. The summed E-state index contributed by atoms with van der Waals surface area (Å²) in [5, 5.41) is 0.946. The number of ether oxygens (including phenoxy) is 2. The maximum absolute atomic E-state index is 13.5. The number of methoxy groups -OCH3 is 2. The molecule has 2 aromatic carbocycles. The molecule has 1 atom stereocenters. The molecule has 7 nitrogen and oxygen atoms in total. The minimum absolute atomic E-state index is 0.0423. The lowest BCUT2D eigenvalue weighted by atomic mass is 10.0. The Morgan fingerprint density at radius 3 is 2.88 bits per heavy atom. The molecule has 4 aromatic rings. The van der Waals surface area contributed by atoms with E-state index >= 15 is 0 Å². The van der Waals surface area contributed by atoms with Gasteiger partial charge in [-0.2, -0.15) is 0 Å². The highest BCUT2D eigenvalue weighted by Gasteiger charge is 2.32. The molecule has 0 unspecified atom stereocenters. The molecule has 1 saturated heterocycles. The highest BCUT2D eigenvalue weighted by Crippen LogP contribution is 2.33. The van der Waals surface area contributed by atoms with Gasteiger partial charge in [0.2, 0.25) is 5.89 Å². The lowest BCUT2D eigenvalue weighted by Crippen LogP contribution is -2.38. The number of para-hydroxylation sites is 1. The van der Waals surface area contributed by atoms with Crippen LogP contribution in [0.2, 0.25) is 0 Å². The van der Waals surface area contributed by atoms with Crippen molar-refractivity contribution in [3.05, 3.63) is 77.6 Å². The zero-order valence-electron chi connectivity index (χ0n) is 18.8. The number of nitrogens with one attached hydrogen (secondary N) is 1. The van der Waals surface area contributed by atoms with E-state index in [0.29, 0.717) is 24.6 Å². The minimum Gasteiger partial charge on any atom is -0.497 e. The van der Waals surface area contributed by atoms with Gasteiger partial charge in [-0.3, -0.25) is 4.79 Å². The molecule has 33 heavy (non-hydrogen) atoms. The van der Waals surface area contributed by atoms with Crippen molar-refractivity contribution in [3.63, 3.8) is 0 Å². The van der Waals surface area contributed by atoms with Crippen molar-refractivity contribution in [1.29, 1.82) is 0 Å². The number of likely N-dealkylation sites (tertiary alicyclic amines) is 1. The second kappa shape index (κ2) is 9.02. The van der Waals surface area contributed by atoms with Crippen molar-refractivity contribution in [2.75, 3.05) is 20.8 Å². The van der Waals surface area contributed by atoms with Gasteiger partial charge in [0, 0.05) is 29.4 Å². The Morgan fingerprint density at radius 2 is 2.03 bits per heavy atom. The van der Waals surface area contributed by atoms with Crippen molar-refractivity contribution in [2.24, 2.45) is 0 Å². The standard InChI is InChI=1S/C26H27N3O4/c1-31-19-10-11-21-18(14-19)15-22(28-21)26(30)29-12-6-5-8-23(29)25-27-16-20(33-25)13-17-7-3-4-9-24(17)32-2/h3-4,7,9-11,14-16,23,28H,5-6,8,12-13H2,1-2H3/t23-/m0/s1. The molecule has 3 heterocycles. The number of oxazole rings is 1. The number of carbonyl (C=O) groups is 1. The van der Waals surface area contributed by atoms with Gasteiger partial charge in [0.25, 0.3) is 5.91 Å². The molecule has 0 saturated carbocycles. The molecule has 0 spiro atoms. The minimum atomic E-state index is -0.182. The van der Waals surface area contributed by atoms with E-state index in [1.165, 1.54) is 0 Å². The third-order valence-corrected chi connectivity index (χ3v) is 6.24. The summed E-state index contributed by atoms with van der Waals surface area (Å²) >= 11 is 0. The van der Waals surface area contributed by atoms with Crippen LogP contribution in [0.4, 0.5) is 0 Å². The van der Waals surface area contributed by atoms with Crippen LogP contribution in [0.15, 0.2) is 59.1 Å². The average Bonchev–Trinajstić information content (AvgIpc) is 3.50. The van der Waals surface area contributed by atoms with Crippen LogP contribution in [-0.2, 0) is 6.42 Å². The van der Waals surface area contributed by atoms with E-state index in [1.54, 1.807) is 20.4 Å². The van der Waals surface area contributed by atoms with Crippen LogP contribution in [-0.4, -0.2) is 41.5 Å². The van der Waals surface area contributed by atoms with E-state index in [-0.39, 0.29) is 11.9 Å². The molecule has 0 bridgehead atoms. The van der Waals surface area contributed by atoms with Gasteiger partial charge in [-0.15, -0.1) is 0 Å².